The summed E-state index contributed by atoms with van der Waals surface area (Å²) in [7, 11) is 0. The number of carbonyl (C=O) groups excluding carboxylic acids is 3. The summed E-state index contributed by atoms with van der Waals surface area (Å²) in [4.78, 5) is 44.1. The number of benzene rings is 3. The van der Waals surface area contributed by atoms with E-state index in [2.05, 4.69) is 5.32 Å². The van der Waals surface area contributed by atoms with Crippen LogP contribution in [0.1, 0.15) is 44.7 Å². The lowest BCUT2D eigenvalue weighted by Gasteiger charge is -2.26. The van der Waals surface area contributed by atoms with Gasteiger partial charge in [-0.1, -0.05) is 36.4 Å². The van der Waals surface area contributed by atoms with E-state index in [0.717, 1.165) is 17.5 Å². The number of hydrogen-bond donors (Lipinski definition) is 1. The Hall–Kier alpha value is -3.58. The first-order valence-corrected chi connectivity index (χ1v) is 13.0. The minimum atomic E-state index is -0.432. The molecule has 3 amide bonds. The first-order chi connectivity index (χ1) is 17.0. The maximum absolute atomic E-state index is 13.5. The Morgan fingerprint density at radius 3 is 2.60 bits per heavy atom. The van der Waals surface area contributed by atoms with Crippen molar-refractivity contribution in [3.63, 3.8) is 0 Å². The molecule has 0 radical (unpaired) electrons. The molecule has 2 heterocycles. The average Bonchev–Trinajstić information content (AvgIpc) is 3.37. The third kappa shape index (κ3) is 4.68. The van der Waals surface area contributed by atoms with Crippen LogP contribution in [0.2, 0.25) is 0 Å². The highest BCUT2D eigenvalue weighted by Gasteiger charge is 2.41. The molecule has 1 fully saturated rings. The quantitative estimate of drug-likeness (QED) is 0.523. The highest BCUT2D eigenvalue weighted by atomic mass is 32.2. The number of hydrogen-bond acceptors (Lipinski definition) is 4. The molecule has 7 heteroatoms. The molecule has 0 aliphatic carbocycles. The maximum Gasteiger partial charge on any atom is 0.256 e. The second kappa shape index (κ2) is 9.96. The molecule has 1 atom stereocenters. The number of carbonyl (C=O) groups is 3. The van der Waals surface area contributed by atoms with E-state index in [4.69, 9.17) is 0 Å². The lowest BCUT2D eigenvalue weighted by Crippen LogP contribution is -2.44. The largest absolute Gasteiger partial charge is 0.348 e. The fourth-order valence-electron chi connectivity index (χ4n) is 4.79. The first-order valence-electron chi connectivity index (χ1n) is 11.8. The van der Waals surface area contributed by atoms with Crippen LogP contribution in [-0.4, -0.2) is 41.5 Å². The molecular weight excluding hydrogens is 458 g/mol. The predicted octanol–water partition coefficient (Wildman–Crippen LogP) is 4.49. The van der Waals surface area contributed by atoms with E-state index < -0.39 is 6.04 Å². The molecule has 0 spiro atoms. The van der Waals surface area contributed by atoms with Crippen molar-refractivity contribution in [2.45, 2.75) is 36.9 Å². The van der Waals surface area contributed by atoms with Crippen LogP contribution in [0.25, 0.3) is 0 Å². The zero-order chi connectivity index (χ0) is 24.4. The van der Waals surface area contributed by atoms with Crippen LogP contribution in [0.15, 0.2) is 77.7 Å². The van der Waals surface area contributed by atoms with Crippen molar-refractivity contribution < 1.29 is 14.4 Å². The maximum atomic E-state index is 13.5. The lowest BCUT2D eigenvalue weighted by molar-refractivity contribution is -0.122. The van der Waals surface area contributed by atoms with Crippen molar-refractivity contribution in [3.8, 4) is 0 Å². The molecule has 0 saturated carbocycles. The molecular formula is C28H27N3O3S. The Balaban J connectivity index is 1.35. The third-order valence-electron chi connectivity index (χ3n) is 6.63. The van der Waals surface area contributed by atoms with E-state index in [-0.39, 0.29) is 17.7 Å². The van der Waals surface area contributed by atoms with Crippen molar-refractivity contribution in [2.24, 2.45) is 0 Å². The van der Waals surface area contributed by atoms with Gasteiger partial charge in [-0.15, -0.1) is 11.8 Å². The van der Waals surface area contributed by atoms with Crippen LogP contribution < -0.4 is 10.2 Å². The summed E-state index contributed by atoms with van der Waals surface area (Å²) in [5, 5.41) is 2.98. The summed E-state index contributed by atoms with van der Waals surface area (Å²) >= 11 is 1.68. The minimum Gasteiger partial charge on any atom is -0.348 e. The molecule has 1 saturated heterocycles. The number of amides is 3. The molecule has 0 bridgehead atoms. The van der Waals surface area contributed by atoms with E-state index in [1.807, 2.05) is 66.9 Å². The van der Waals surface area contributed by atoms with Gasteiger partial charge >= 0.3 is 0 Å². The standard InChI is InChI=1S/C28H27N3O3S/c1-35-22-13-11-19(12-14-22)17-29-26(32)21-7-4-6-20(16-21)18-31-24-9-3-2-8-23(24)27(33)30-15-5-10-25(30)28(31)34/h2-4,6-9,11-14,16,25H,5,10,15,17-18H2,1H3,(H,29,32). The van der Waals surface area contributed by atoms with Crippen molar-refractivity contribution in [3.05, 3.63) is 95.1 Å². The van der Waals surface area contributed by atoms with Gasteiger partial charge in [-0.25, -0.2) is 0 Å². The Kier molecular flexibility index (Phi) is 6.59. The SMILES string of the molecule is CSc1ccc(CNC(=O)c2cccc(CN3C(=O)C4CCCN4C(=O)c4ccccc43)c2)cc1. The number of rotatable bonds is 6. The molecule has 35 heavy (non-hydrogen) atoms. The number of fused-ring (bicyclic) bond motifs is 2. The Morgan fingerprint density at radius 1 is 1.00 bits per heavy atom. The van der Waals surface area contributed by atoms with Gasteiger partial charge in [0.2, 0.25) is 5.91 Å². The highest BCUT2D eigenvalue weighted by molar-refractivity contribution is 7.98. The van der Waals surface area contributed by atoms with Crippen molar-refractivity contribution in [1.29, 1.82) is 0 Å². The zero-order valence-corrected chi connectivity index (χ0v) is 20.4. The van der Waals surface area contributed by atoms with E-state index in [1.165, 1.54) is 4.90 Å². The van der Waals surface area contributed by atoms with Gasteiger partial charge in [0.15, 0.2) is 0 Å². The summed E-state index contributed by atoms with van der Waals surface area (Å²) in [6.07, 6.45) is 3.53. The second-order valence-electron chi connectivity index (χ2n) is 8.83. The summed E-state index contributed by atoms with van der Waals surface area (Å²) in [6.45, 7) is 1.34. The van der Waals surface area contributed by atoms with Gasteiger partial charge in [-0.2, -0.15) is 0 Å². The van der Waals surface area contributed by atoms with Crippen LogP contribution >= 0.6 is 11.8 Å². The molecule has 3 aromatic carbocycles. The van der Waals surface area contributed by atoms with Crippen LogP contribution in [0.3, 0.4) is 0 Å². The minimum absolute atomic E-state index is 0.0654. The zero-order valence-electron chi connectivity index (χ0n) is 19.6. The molecule has 178 valence electrons. The lowest BCUT2D eigenvalue weighted by atomic mass is 10.1. The van der Waals surface area contributed by atoms with Gasteiger partial charge in [-0.05, 0) is 66.6 Å². The Morgan fingerprint density at radius 2 is 1.80 bits per heavy atom. The fourth-order valence-corrected chi connectivity index (χ4v) is 5.20. The van der Waals surface area contributed by atoms with Gasteiger partial charge < -0.3 is 15.1 Å². The molecule has 2 aliphatic heterocycles. The van der Waals surface area contributed by atoms with Crippen LogP contribution in [0, 0.1) is 0 Å². The smallest absolute Gasteiger partial charge is 0.256 e. The van der Waals surface area contributed by atoms with E-state index in [9.17, 15) is 14.4 Å². The van der Waals surface area contributed by atoms with Crippen molar-refractivity contribution in [1.82, 2.24) is 10.2 Å². The summed E-state index contributed by atoms with van der Waals surface area (Å²) < 4.78 is 0. The van der Waals surface area contributed by atoms with Gasteiger partial charge in [-0.3, -0.25) is 14.4 Å². The van der Waals surface area contributed by atoms with Gasteiger partial charge in [0, 0.05) is 23.5 Å². The molecule has 6 nitrogen and oxygen atoms in total. The first kappa shape index (κ1) is 23.2. The molecule has 5 rings (SSSR count). The fraction of sp³-hybridized carbons (Fsp3) is 0.250. The number of para-hydroxylation sites is 1. The summed E-state index contributed by atoms with van der Waals surface area (Å²) in [5.41, 5.74) is 3.58. The molecule has 1 N–H and O–H groups in total. The Labute approximate surface area is 209 Å². The number of anilines is 1. The predicted molar refractivity (Wildman–Crippen MR) is 138 cm³/mol. The second-order valence-corrected chi connectivity index (χ2v) is 9.71. The average molecular weight is 486 g/mol. The summed E-state index contributed by atoms with van der Waals surface area (Å²) in [5.74, 6) is -0.317. The molecule has 1 unspecified atom stereocenters. The van der Waals surface area contributed by atoms with Gasteiger partial charge in [0.25, 0.3) is 11.8 Å². The highest BCUT2D eigenvalue weighted by Crippen LogP contribution is 2.33. The third-order valence-corrected chi connectivity index (χ3v) is 7.38. The number of nitrogens with zero attached hydrogens (tertiary/aromatic N) is 2. The van der Waals surface area contributed by atoms with Gasteiger partial charge in [0.1, 0.15) is 6.04 Å². The monoisotopic (exact) mass is 485 g/mol. The molecule has 3 aromatic rings. The molecule has 0 aromatic heterocycles. The van der Waals surface area contributed by atoms with E-state index in [1.54, 1.807) is 33.7 Å². The number of nitrogens with one attached hydrogen (secondary N) is 1. The number of thioether (sulfide) groups is 1. The van der Waals surface area contributed by atoms with E-state index in [0.29, 0.717) is 42.9 Å². The van der Waals surface area contributed by atoms with E-state index >= 15 is 0 Å². The summed E-state index contributed by atoms with van der Waals surface area (Å²) in [6, 6.07) is 22.3. The topological polar surface area (TPSA) is 69.7 Å². The van der Waals surface area contributed by atoms with Crippen LogP contribution in [0.5, 0.6) is 0 Å². The Bertz CT molecular complexity index is 1270. The van der Waals surface area contributed by atoms with Gasteiger partial charge in [0.05, 0.1) is 17.8 Å². The van der Waals surface area contributed by atoms with Crippen LogP contribution in [-0.2, 0) is 17.9 Å². The van der Waals surface area contributed by atoms with Crippen molar-refractivity contribution >= 4 is 35.2 Å². The molecule has 2 aliphatic rings. The van der Waals surface area contributed by atoms with Crippen molar-refractivity contribution in [2.75, 3.05) is 17.7 Å². The normalized spacial score (nSPS) is 17.1. The van der Waals surface area contributed by atoms with Crippen LogP contribution in [0.4, 0.5) is 5.69 Å².